The van der Waals surface area contributed by atoms with Gasteiger partial charge in [-0.25, -0.2) is 9.67 Å². The van der Waals surface area contributed by atoms with Crippen LogP contribution in [0.1, 0.15) is 5.56 Å². The summed E-state index contributed by atoms with van der Waals surface area (Å²) in [6, 6.07) is 13.9. The second-order valence-corrected chi connectivity index (χ2v) is 7.20. The van der Waals surface area contributed by atoms with E-state index in [1.165, 1.54) is 10.9 Å². The van der Waals surface area contributed by atoms with Crippen molar-refractivity contribution in [2.45, 2.75) is 13.1 Å². The number of nitrogens with zero attached hydrogens (tertiary/aromatic N) is 4. The summed E-state index contributed by atoms with van der Waals surface area (Å²) in [5, 5.41) is 8.51. The summed E-state index contributed by atoms with van der Waals surface area (Å²) in [7, 11) is 0. The lowest BCUT2D eigenvalue weighted by atomic mass is 10.2. The van der Waals surface area contributed by atoms with E-state index in [9.17, 15) is 9.59 Å². The van der Waals surface area contributed by atoms with Crippen LogP contribution in [-0.4, -0.2) is 25.2 Å². The van der Waals surface area contributed by atoms with Crippen molar-refractivity contribution in [1.82, 2.24) is 19.3 Å². The van der Waals surface area contributed by atoms with Crippen LogP contribution >= 0.6 is 23.2 Å². The number of benzene rings is 2. The van der Waals surface area contributed by atoms with Gasteiger partial charge < -0.3 is 5.32 Å². The number of halogens is 2. The van der Waals surface area contributed by atoms with E-state index in [-0.39, 0.29) is 18.0 Å². The molecule has 0 radical (unpaired) electrons. The molecule has 0 aliphatic heterocycles. The molecule has 2 aromatic carbocycles. The fourth-order valence-electron chi connectivity index (χ4n) is 2.93. The maximum atomic E-state index is 12.5. The van der Waals surface area contributed by atoms with Gasteiger partial charge in [0.25, 0.3) is 5.56 Å². The second kappa shape index (κ2) is 8.06. The maximum Gasteiger partial charge on any atom is 0.261 e. The van der Waals surface area contributed by atoms with Gasteiger partial charge in [0, 0.05) is 16.1 Å². The van der Waals surface area contributed by atoms with Crippen molar-refractivity contribution in [3.05, 3.63) is 87.0 Å². The quantitative estimate of drug-likeness (QED) is 0.527. The predicted octanol–water partition coefficient (Wildman–Crippen LogP) is 3.59. The van der Waals surface area contributed by atoms with Crippen molar-refractivity contribution in [3.8, 4) is 0 Å². The van der Waals surface area contributed by atoms with Crippen LogP contribution in [0.15, 0.2) is 65.8 Å². The summed E-state index contributed by atoms with van der Waals surface area (Å²) < 4.78 is 2.88. The number of aromatic nitrogens is 4. The van der Waals surface area contributed by atoms with Gasteiger partial charge >= 0.3 is 0 Å². The Morgan fingerprint density at radius 3 is 2.76 bits per heavy atom. The van der Waals surface area contributed by atoms with Crippen LogP contribution in [-0.2, 0) is 17.9 Å². The Kier molecular flexibility index (Phi) is 5.33. The zero-order chi connectivity index (χ0) is 20.4. The first-order valence-corrected chi connectivity index (χ1v) is 9.46. The van der Waals surface area contributed by atoms with Crippen molar-refractivity contribution in [1.29, 1.82) is 0 Å². The predicted molar refractivity (Wildman–Crippen MR) is 112 cm³/mol. The maximum absolute atomic E-state index is 12.5. The highest BCUT2D eigenvalue weighted by atomic mass is 35.5. The lowest BCUT2D eigenvalue weighted by molar-refractivity contribution is -0.116. The van der Waals surface area contributed by atoms with Crippen molar-refractivity contribution in [3.63, 3.8) is 0 Å². The standard InChI is InChI=1S/C20H15Cl2N5O2/c21-14-6-5-13(16(22)9-14)10-27-18(7-8-24-27)25-19(28)11-26-12-23-17-4-2-1-3-15(17)20(26)29/h1-9,12H,10-11H2,(H,25,28). The molecule has 29 heavy (non-hydrogen) atoms. The van der Waals surface area contributed by atoms with Crippen LogP contribution < -0.4 is 10.9 Å². The first-order chi connectivity index (χ1) is 14.0. The van der Waals surface area contributed by atoms with Crippen molar-refractivity contribution in [2.75, 3.05) is 5.32 Å². The van der Waals surface area contributed by atoms with E-state index in [4.69, 9.17) is 23.2 Å². The first kappa shape index (κ1) is 19.2. The fraction of sp³-hybridized carbons (Fsp3) is 0.100. The lowest BCUT2D eigenvalue weighted by Gasteiger charge is -2.11. The topological polar surface area (TPSA) is 81.8 Å². The number of nitrogens with one attached hydrogen (secondary N) is 1. The minimum absolute atomic E-state index is 0.163. The summed E-state index contributed by atoms with van der Waals surface area (Å²) >= 11 is 12.1. The number of carbonyl (C=O) groups is 1. The molecule has 0 unspecified atom stereocenters. The van der Waals surface area contributed by atoms with Gasteiger partial charge in [-0.2, -0.15) is 5.10 Å². The van der Waals surface area contributed by atoms with Gasteiger partial charge in [0.15, 0.2) is 0 Å². The van der Waals surface area contributed by atoms with Gasteiger partial charge in [0.1, 0.15) is 12.4 Å². The number of hydrogen-bond acceptors (Lipinski definition) is 4. The smallest absolute Gasteiger partial charge is 0.261 e. The molecule has 0 atom stereocenters. The largest absolute Gasteiger partial charge is 0.309 e. The highest BCUT2D eigenvalue weighted by Gasteiger charge is 2.12. The molecule has 0 saturated heterocycles. The van der Waals surface area contributed by atoms with E-state index in [1.54, 1.807) is 59.4 Å². The average Bonchev–Trinajstić information content (AvgIpc) is 3.13. The molecule has 9 heteroatoms. The lowest BCUT2D eigenvalue weighted by Crippen LogP contribution is -2.28. The molecule has 2 aromatic heterocycles. The number of hydrogen-bond donors (Lipinski definition) is 1. The van der Waals surface area contributed by atoms with Crippen LogP contribution in [0.25, 0.3) is 10.9 Å². The first-order valence-electron chi connectivity index (χ1n) is 8.71. The van der Waals surface area contributed by atoms with E-state index in [2.05, 4.69) is 15.4 Å². The molecule has 4 rings (SSSR count). The molecule has 0 saturated carbocycles. The van der Waals surface area contributed by atoms with Crippen LogP contribution in [0.3, 0.4) is 0 Å². The van der Waals surface area contributed by atoms with Crippen molar-refractivity contribution >= 4 is 45.8 Å². The molecule has 1 amide bonds. The number of carbonyl (C=O) groups excluding carboxylic acids is 1. The Morgan fingerprint density at radius 2 is 1.93 bits per heavy atom. The number of para-hydroxylation sites is 1. The van der Waals surface area contributed by atoms with E-state index in [0.717, 1.165) is 5.56 Å². The van der Waals surface area contributed by atoms with Gasteiger partial charge in [-0.05, 0) is 29.8 Å². The third kappa shape index (κ3) is 4.16. The van der Waals surface area contributed by atoms with Crippen LogP contribution in [0, 0.1) is 0 Å². The Morgan fingerprint density at radius 1 is 1.10 bits per heavy atom. The molecule has 4 aromatic rings. The minimum Gasteiger partial charge on any atom is -0.309 e. The third-order valence-electron chi connectivity index (χ3n) is 4.36. The Hall–Kier alpha value is -3.16. The summed E-state index contributed by atoms with van der Waals surface area (Å²) in [5.41, 5.74) is 1.13. The van der Waals surface area contributed by atoms with E-state index >= 15 is 0 Å². The summed E-state index contributed by atoms with van der Waals surface area (Å²) in [6.45, 7) is 0.194. The summed E-state index contributed by atoms with van der Waals surface area (Å²) in [6.07, 6.45) is 2.94. The molecular formula is C20H15Cl2N5O2. The highest BCUT2D eigenvalue weighted by Crippen LogP contribution is 2.22. The minimum atomic E-state index is -0.367. The molecule has 0 bridgehead atoms. The van der Waals surface area contributed by atoms with Crippen LogP contribution in [0.5, 0.6) is 0 Å². The summed E-state index contributed by atoms with van der Waals surface area (Å²) in [5.74, 6) is 0.121. The van der Waals surface area contributed by atoms with Crippen LogP contribution in [0.2, 0.25) is 10.0 Å². The molecule has 146 valence electrons. The van der Waals surface area contributed by atoms with Crippen LogP contribution in [0.4, 0.5) is 5.82 Å². The molecule has 7 nitrogen and oxygen atoms in total. The molecule has 0 aliphatic carbocycles. The van der Waals surface area contributed by atoms with Crippen molar-refractivity contribution in [2.24, 2.45) is 0 Å². The molecular weight excluding hydrogens is 413 g/mol. The monoisotopic (exact) mass is 427 g/mol. The number of rotatable bonds is 5. The summed E-state index contributed by atoms with van der Waals surface area (Å²) in [4.78, 5) is 29.3. The van der Waals surface area contributed by atoms with Gasteiger partial charge in [0.2, 0.25) is 5.91 Å². The Labute approximate surface area is 175 Å². The zero-order valence-electron chi connectivity index (χ0n) is 15.0. The van der Waals surface area contributed by atoms with Gasteiger partial charge in [0.05, 0.1) is 30.0 Å². The van der Waals surface area contributed by atoms with Gasteiger partial charge in [-0.15, -0.1) is 0 Å². The van der Waals surface area contributed by atoms with E-state index < -0.39 is 0 Å². The normalized spacial score (nSPS) is 11.0. The molecule has 0 aliphatic rings. The molecule has 0 fully saturated rings. The fourth-order valence-corrected chi connectivity index (χ4v) is 3.40. The molecule has 2 heterocycles. The average molecular weight is 428 g/mol. The zero-order valence-corrected chi connectivity index (χ0v) is 16.6. The van der Waals surface area contributed by atoms with Crippen molar-refractivity contribution < 1.29 is 4.79 Å². The molecule has 1 N–H and O–H groups in total. The SMILES string of the molecule is O=C(Cn1cnc2ccccc2c1=O)Nc1ccnn1Cc1ccc(Cl)cc1Cl. The highest BCUT2D eigenvalue weighted by molar-refractivity contribution is 6.35. The number of amides is 1. The van der Waals surface area contributed by atoms with Gasteiger partial charge in [-0.1, -0.05) is 41.4 Å². The van der Waals surface area contributed by atoms with Gasteiger partial charge in [-0.3, -0.25) is 14.2 Å². The number of fused-ring (bicyclic) bond motifs is 1. The number of anilines is 1. The Balaban J connectivity index is 1.51. The molecule has 0 spiro atoms. The Bertz CT molecular complexity index is 1270. The third-order valence-corrected chi connectivity index (χ3v) is 4.95. The second-order valence-electron chi connectivity index (χ2n) is 6.35. The van der Waals surface area contributed by atoms with E-state index in [1.807, 2.05) is 0 Å². The van der Waals surface area contributed by atoms with E-state index in [0.29, 0.717) is 33.3 Å².